The van der Waals surface area contributed by atoms with Gasteiger partial charge in [0.05, 0.1) is 5.69 Å². The highest BCUT2D eigenvalue weighted by atomic mass is 16.5. The van der Waals surface area contributed by atoms with Gasteiger partial charge in [0.15, 0.2) is 0 Å². The maximum atomic E-state index is 12.8. The van der Waals surface area contributed by atoms with Crippen molar-refractivity contribution in [3.8, 4) is 5.75 Å². The van der Waals surface area contributed by atoms with Gasteiger partial charge in [-0.15, -0.1) is 0 Å². The van der Waals surface area contributed by atoms with E-state index < -0.39 is 17.4 Å². The summed E-state index contributed by atoms with van der Waals surface area (Å²) in [6.07, 6.45) is 1.58. The Labute approximate surface area is 134 Å². The standard InChI is InChI=1S/C17H17N3O3/c1-11-7-8-13-12(10-11)19-15(21)17(2,23-13)16(22)20(3)14-6-4-5-9-18-14/h4-10H,1-3H3,(H,19,21). The van der Waals surface area contributed by atoms with Gasteiger partial charge < -0.3 is 10.1 Å². The van der Waals surface area contributed by atoms with E-state index in [0.717, 1.165) is 5.56 Å². The van der Waals surface area contributed by atoms with E-state index in [1.54, 1.807) is 43.6 Å². The molecule has 0 saturated heterocycles. The molecular formula is C17H17N3O3. The van der Waals surface area contributed by atoms with Crippen LogP contribution >= 0.6 is 0 Å². The number of hydrogen-bond acceptors (Lipinski definition) is 4. The molecule has 0 saturated carbocycles. The van der Waals surface area contributed by atoms with E-state index in [1.165, 1.54) is 11.8 Å². The molecule has 1 atom stereocenters. The lowest BCUT2D eigenvalue weighted by Crippen LogP contribution is -2.59. The van der Waals surface area contributed by atoms with E-state index in [9.17, 15) is 9.59 Å². The zero-order valence-electron chi connectivity index (χ0n) is 13.2. The Morgan fingerprint density at radius 2 is 2.09 bits per heavy atom. The lowest BCUT2D eigenvalue weighted by Gasteiger charge is -2.35. The average molecular weight is 311 g/mol. The molecule has 1 unspecified atom stereocenters. The van der Waals surface area contributed by atoms with Crippen molar-refractivity contribution >= 4 is 23.3 Å². The normalized spacial score (nSPS) is 19.3. The van der Waals surface area contributed by atoms with Gasteiger partial charge in [0.1, 0.15) is 11.6 Å². The molecule has 6 heteroatoms. The van der Waals surface area contributed by atoms with Gasteiger partial charge in [0.25, 0.3) is 17.4 Å². The van der Waals surface area contributed by atoms with Crippen LogP contribution in [0, 0.1) is 6.92 Å². The lowest BCUT2D eigenvalue weighted by molar-refractivity contribution is -0.144. The van der Waals surface area contributed by atoms with Crippen LogP contribution in [0.3, 0.4) is 0 Å². The number of hydrogen-bond donors (Lipinski definition) is 1. The molecular weight excluding hydrogens is 294 g/mol. The summed E-state index contributed by atoms with van der Waals surface area (Å²) in [5.74, 6) is -0.0615. The molecule has 118 valence electrons. The molecule has 0 bridgehead atoms. The number of likely N-dealkylation sites (N-methyl/N-ethyl adjacent to an activating group) is 1. The lowest BCUT2D eigenvalue weighted by atomic mass is 10.0. The summed E-state index contributed by atoms with van der Waals surface area (Å²) < 4.78 is 5.76. The number of fused-ring (bicyclic) bond motifs is 1. The Balaban J connectivity index is 1.93. The summed E-state index contributed by atoms with van der Waals surface area (Å²) in [5.41, 5.74) is -0.0805. The Kier molecular flexibility index (Phi) is 3.52. The number of ether oxygens (including phenoxy) is 1. The Hall–Kier alpha value is -2.89. The first-order valence-electron chi connectivity index (χ1n) is 7.22. The van der Waals surface area contributed by atoms with Crippen molar-refractivity contribution in [3.63, 3.8) is 0 Å². The third-order valence-corrected chi connectivity index (χ3v) is 3.84. The van der Waals surface area contributed by atoms with Gasteiger partial charge in [-0.2, -0.15) is 0 Å². The maximum Gasteiger partial charge on any atom is 0.281 e. The third-order valence-electron chi connectivity index (χ3n) is 3.84. The molecule has 0 radical (unpaired) electrons. The van der Waals surface area contributed by atoms with E-state index in [-0.39, 0.29) is 0 Å². The van der Waals surface area contributed by atoms with E-state index in [2.05, 4.69) is 10.3 Å². The van der Waals surface area contributed by atoms with Crippen LogP contribution in [-0.4, -0.2) is 29.4 Å². The van der Waals surface area contributed by atoms with Gasteiger partial charge >= 0.3 is 0 Å². The fraction of sp³-hybridized carbons (Fsp3) is 0.235. The van der Waals surface area contributed by atoms with Gasteiger partial charge in [-0.05, 0) is 43.7 Å². The van der Waals surface area contributed by atoms with E-state index in [4.69, 9.17) is 4.74 Å². The van der Waals surface area contributed by atoms with E-state index >= 15 is 0 Å². The molecule has 1 aliphatic rings. The first kappa shape index (κ1) is 15.0. The smallest absolute Gasteiger partial charge is 0.281 e. The van der Waals surface area contributed by atoms with Crippen molar-refractivity contribution in [3.05, 3.63) is 48.2 Å². The van der Waals surface area contributed by atoms with Crippen LogP contribution in [0.25, 0.3) is 0 Å². The van der Waals surface area contributed by atoms with Crippen molar-refractivity contribution in [2.45, 2.75) is 19.4 Å². The molecule has 0 spiro atoms. The SMILES string of the molecule is Cc1ccc2c(c1)NC(=O)C(C)(C(=O)N(C)c1ccccn1)O2. The minimum atomic E-state index is -1.64. The number of anilines is 2. The van der Waals surface area contributed by atoms with Crippen molar-refractivity contribution in [1.29, 1.82) is 0 Å². The highest BCUT2D eigenvalue weighted by Gasteiger charge is 2.49. The van der Waals surface area contributed by atoms with Crippen LogP contribution < -0.4 is 15.0 Å². The van der Waals surface area contributed by atoms with Crippen molar-refractivity contribution in [2.75, 3.05) is 17.3 Å². The summed E-state index contributed by atoms with van der Waals surface area (Å²) in [6.45, 7) is 3.38. The summed E-state index contributed by atoms with van der Waals surface area (Å²) in [5, 5.41) is 2.75. The molecule has 2 amide bonds. The largest absolute Gasteiger partial charge is 0.465 e. The number of aromatic nitrogens is 1. The summed E-state index contributed by atoms with van der Waals surface area (Å²) in [4.78, 5) is 30.7. The van der Waals surface area contributed by atoms with E-state index in [1.807, 2.05) is 13.0 Å². The van der Waals surface area contributed by atoms with Crippen LogP contribution in [0.4, 0.5) is 11.5 Å². The number of nitrogens with one attached hydrogen (secondary N) is 1. The maximum absolute atomic E-state index is 12.8. The molecule has 6 nitrogen and oxygen atoms in total. The number of amides is 2. The van der Waals surface area contributed by atoms with Crippen LogP contribution in [0.1, 0.15) is 12.5 Å². The van der Waals surface area contributed by atoms with Crippen LogP contribution in [0.2, 0.25) is 0 Å². The molecule has 0 aliphatic carbocycles. The number of carbonyl (C=O) groups excluding carboxylic acids is 2. The molecule has 0 fully saturated rings. The summed E-state index contributed by atoms with van der Waals surface area (Å²) in [7, 11) is 1.57. The molecule has 23 heavy (non-hydrogen) atoms. The summed E-state index contributed by atoms with van der Waals surface area (Å²) >= 11 is 0. The van der Waals surface area contributed by atoms with Crippen molar-refractivity contribution in [2.24, 2.45) is 0 Å². The van der Waals surface area contributed by atoms with Gasteiger partial charge in [0.2, 0.25) is 0 Å². The topological polar surface area (TPSA) is 71.5 Å². The van der Waals surface area contributed by atoms with Crippen molar-refractivity contribution < 1.29 is 14.3 Å². The number of aryl methyl sites for hydroxylation is 1. The first-order valence-corrected chi connectivity index (χ1v) is 7.22. The third kappa shape index (κ3) is 2.52. The molecule has 2 aromatic rings. The number of benzene rings is 1. The predicted octanol–water partition coefficient (Wildman–Crippen LogP) is 2.14. The highest BCUT2D eigenvalue weighted by Crippen LogP contribution is 2.35. The molecule has 1 aromatic heterocycles. The molecule has 1 aromatic carbocycles. The fourth-order valence-electron chi connectivity index (χ4n) is 2.46. The van der Waals surface area contributed by atoms with Gasteiger partial charge in [-0.25, -0.2) is 4.98 Å². The number of nitrogens with zero attached hydrogens (tertiary/aromatic N) is 2. The zero-order valence-corrected chi connectivity index (χ0v) is 13.2. The number of rotatable bonds is 2. The second-order valence-electron chi connectivity index (χ2n) is 5.64. The molecule has 1 N–H and O–H groups in total. The molecule has 3 rings (SSSR count). The van der Waals surface area contributed by atoms with E-state index in [0.29, 0.717) is 17.3 Å². The Morgan fingerprint density at radius 1 is 1.30 bits per heavy atom. The minimum absolute atomic E-state index is 0.449. The van der Waals surface area contributed by atoms with Crippen molar-refractivity contribution in [1.82, 2.24) is 4.98 Å². The second kappa shape index (κ2) is 5.39. The van der Waals surface area contributed by atoms with Crippen LogP contribution in [-0.2, 0) is 9.59 Å². The quantitative estimate of drug-likeness (QED) is 0.863. The predicted molar refractivity (Wildman–Crippen MR) is 86.5 cm³/mol. The average Bonchev–Trinajstić information content (AvgIpc) is 2.56. The number of pyridine rings is 1. The summed E-state index contributed by atoms with van der Waals surface area (Å²) in [6, 6.07) is 10.6. The zero-order chi connectivity index (χ0) is 16.6. The van der Waals surface area contributed by atoms with Gasteiger partial charge in [0, 0.05) is 13.2 Å². The second-order valence-corrected chi connectivity index (χ2v) is 5.64. The minimum Gasteiger partial charge on any atom is -0.465 e. The van der Waals surface area contributed by atoms with Gasteiger partial charge in [-0.3, -0.25) is 14.5 Å². The molecule has 1 aliphatic heterocycles. The highest BCUT2D eigenvalue weighted by molar-refractivity contribution is 6.19. The Morgan fingerprint density at radius 3 is 2.78 bits per heavy atom. The van der Waals surface area contributed by atoms with Crippen LogP contribution in [0.5, 0.6) is 5.75 Å². The van der Waals surface area contributed by atoms with Crippen LogP contribution in [0.15, 0.2) is 42.6 Å². The molecule has 2 heterocycles. The monoisotopic (exact) mass is 311 g/mol. The fourth-order valence-corrected chi connectivity index (χ4v) is 2.46. The Bertz CT molecular complexity index is 776. The number of carbonyl (C=O) groups is 2. The van der Waals surface area contributed by atoms with Gasteiger partial charge in [-0.1, -0.05) is 12.1 Å². The first-order chi connectivity index (χ1) is 10.9.